The third-order valence-corrected chi connectivity index (χ3v) is 6.66. The molecule has 0 unspecified atom stereocenters. The predicted octanol–water partition coefficient (Wildman–Crippen LogP) is 2.74. The van der Waals surface area contributed by atoms with Gasteiger partial charge in [0.1, 0.15) is 5.75 Å². The second kappa shape index (κ2) is 10.8. The molecule has 0 bridgehead atoms. The normalized spacial score (nSPS) is 15.1. The molecule has 192 valence electrons. The number of fused-ring (bicyclic) bond motifs is 1. The molecule has 1 aliphatic rings. The van der Waals surface area contributed by atoms with Crippen molar-refractivity contribution in [2.24, 2.45) is 4.99 Å². The van der Waals surface area contributed by atoms with Gasteiger partial charge in [-0.25, -0.2) is 9.79 Å². The molecule has 0 amide bonds. The molecule has 0 saturated heterocycles. The van der Waals surface area contributed by atoms with Crippen LogP contribution in [0.5, 0.6) is 17.2 Å². The van der Waals surface area contributed by atoms with Crippen LogP contribution in [0.2, 0.25) is 0 Å². The van der Waals surface area contributed by atoms with E-state index >= 15 is 0 Å². The van der Waals surface area contributed by atoms with Gasteiger partial charge in [-0.3, -0.25) is 14.2 Å². The van der Waals surface area contributed by atoms with Crippen molar-refractivity contribution in [1.82, 2.24) is 4.57 Å². The van der Waals surface area contributed by atoms with Gasteiger partial charge in [-0.1, -0.05) is 29.5 Å². The Morgan fingerprint density at radius 1 is 1.08 bits per heavy atom. The zero-order valence-corrected chi connectivity index (χ0v) is 21.9. The largest absolute Gasteiger partial charge is 0.493 e. The SMILES string of the molecule is CCOC(=O)C1=C(C)N=c2s/c(=C\c3ccc(OC)c(OC)c3)c(=O)n2[C@@H]1c1ccc(OC(C)=O)cc1. The number of ether oxygens (including phenoxy) is 4. The second-order valence-electron chi connectivity index (χ2n) is 8.08. The van der Waals surface area contributed by atoms with E-state index in [0.717, 1.165) is 5.56 Å². The third-order valence-electron chi connectivity index (χ3n) is 5.68. The van der Waals surface area contributed by atoms with E-state index in [1.54, 1.807) is 70.5 Å². The molecule has 37 heavy (non-hydrogen) atoms. The Balaban J connectivity index is 1.89. The number of rotatable bonds is 7. The van der Waals surface area contributed by atoms with Gasteiger partial charge in [0.15, 0.2) is 16.3 Å². The van der Waals surface area contributed by atoms with Gasteiger partial charge in [0.25, 0.3) is 5.56 Å². The number of hydrogen-bond acceptors (Lipinski definition) is 9. The van der Waals surface area contributed by atoms with Crippen molar-refractivity contribution in [1.29, 1.82) is 0 Å². The summed E-state index contributed by atoms with van der Waals surface area (Å²) in [7, 11) is 3.10. The number of hydrogen-bond donors (Lipinski definition) is 0. The molecule has 0 fully saturated rings. The molecule has 1 aromatic heterocycles. The Morgan fingerprint density at radius 3 is 2.41 bits per heavy atom. The molecule has 9 nitrogen and oxygen atoms in total. The average molecular weight is 523 g/mol. The molecular formula is C27H26N2O7S. The van der Waals surface area contributed by atoms with Crippen molar-refractivity contribution in [3.63, 3.8) is 0 Å². The smallest absolute Gasteiger partial charge is 0.338 e. The van der Waals surface area contributed by atoms with Crippen molar-refractivity contribution in [2.45, 2.75) is 26.8 Å². The van der Waals surface area contributed by atoms with Gasteiger partial charge in [-0.2, -0.15) is 0 Å². The van der Waals surface area contributed by atoms with Gasteiger partial charge in [0.2, 0.25) is 0 Å². The summed E-state index contributed by atoms with van der Waals surface area (Å²) in [5, 5.41) is 0. The minimum absolute atomic E-state index is 0.178. The summed E-state index contributed by atoms with van der Waals surface area (Å²) in [5.74, 6) is 0.476. The lowest BCUT2D eigenvalue weighted by molar-refractivity contribution is -0.139. The van der Waals surface area contributed by atoms with Crippen molar-refractivity contribution in [3.05, 3.63) is 84.5 Å². The van der Waals surface area contributed by atoms with Crippen LogP contribution in [0, 0.1) is 0 Å². The number of benzene rings is 2. The maximum atomic E-state index is 13.7. The van der Waals surface area contributed by atoms with Crippen molar-refractivity contribution in [2.75, 3.05) is 20.8 Å². The summed E-state index contributed by atoms with van der Waals surface area (Å²) in [4.78, 5) is 43.1. The highest BCUT2D eigenvalue weighted by molar-refractivity contribution is 7.07. The molecule has 0 N–H and O–H groups in total. The first kappa shape index (κ1) is 25.9. The number of allylic oxidation sites excluding steroid dienone is 1. The number of carbonyl (C=O) groups excluding carboxylic acids is 2. The Bertz CT molecular complexity index is 1570. The standard InChI is InChI=1S/C27H26N2O7S/c1-6-35-26(32)23-15(2)28-27-29(24(23)18-8-10-19(11-9-18)36-16(3)30)25(31)22(37-27)14-17-7-12-20(33-4)21(13-17)34-5/h7-14,24H,6H2,1-5H3/b22-14-/t24-/m1/s1. The molecule has 10 heteroatoms. The fourth-order valence-corrected chi connectivity index (χ4v) is 5.13. The van der Waals surface area contributed by atoms with E-state index < -0.39 is 18.0 Å². The lowest BCUT2D eigenvalue weighted by Crippen LogP contribution is -2.39. The molecule has 1 aliphatic heterocycles. The maximum Gasteiger partial charge on any atom is 0.338 e. The Morgan fingerprint density at radius 2 is 1.78 bits per heavy atom. The number of carbonyl (C=O) groups is 2. The summed E-state index contributed by atoms with van der Waals surface area (Å²) < 4.78 is 23.1. The third kappa shape index (κ3) is 5.19. The lowest BCUT2D eigenvalue weighted by Gasteiger charge is -2.24. The van der Waals surface area contributed by atoms with Gasteiger partial charge in [-0.15, -0.1) is 0 Å². The summed E-state index contributed by atoms with van der Waals surface area (Å²) in [6.07, 6.45) is 1.75. The van der Waals surface area contributed by atoms with Crippen LogP contribution in [-0.2, 0) is 14.3 Å². The van der Waals surface area contributed by atoms with E-state index in [1.165, 1.54) is 22.8 Å². The Kier molecular flexibility index (Phi) is 7.58. The van der Waals surface area contributed by atoms with Crippen molar-refractivity contribution < 1.29 is 28.5 Å². The zero-order chi connectivity index (χ0) is 26.7. The lowest BCUT2D eigenvalue weighted by atomic mass is 9.96. The monoisotopic (exact) mass is 522 g/mol. The molecule has 0 saturated carbocycles. The van der Waals surface area contributed by atoms with Crippen LogP contribution < -0.4 is 29.1 Å². The molecule has 2 aromatic carbocycles. The van der Waals surface area contributed by atoms with E-state index in [9.17, 15) is 14.4 Å². The second-order valence-corrected chi connectivity index (χ2v) is 9.09. The Labute approximate surface area is 216 Å². The zero-order valence-electron chi connectivity index (χ0n) is 21.1. The quantitative estimate of drug-likeness (QED) is 0.347. The van der Waals surface area contributed by atoms with Crippen molar-refractivity contribution in [3.8, 4) is 17.2 Å². The fourth-order valence-electron chi connectivity index (χ4n) is 4.09. The molecular weight excluding hydrogens is 496 g/mol. The number of aromatic nitrogens is 1. The van der Waals surface area contributed by atoms with E-state index in [4.69, 9.17) is 18.9 Å². The van der Waals surface area contributed by atoms with Crippen LogP contribution in [-0.4, -0.2) is 37.3 Å². The van der Waals surface area contributed by atoms with E-state index in [0.29, 0.717) is 37.8 Å². The highest BCUT2D eigenvalue weighted by atomic mass is 32.1. The summed E-state index contributed by atoms with van der Waals surface area (Å²) in [6, 6.07) is 11.3. The van der Waals surface area contributed by atoms with E-state index in [-0.39, 0.29) is 17.7 Å². The molecule has 4 rings (SSSR count). The predicted molar refractivity (Wildman–Crippen MR) is 138 cm³/mol. The number of nitrogens with zero attached hydrogens (tertiary/aromatic N) is 2. The maximum absolute atomic E-state index is 13.7. The van der Waals surface area contributed by atoms with Crippen LogP contribution in [0.25, 0.3) is 6.08 Å². The van der Waals surface area contributed by atoms with Crippen molar-refractivity contribution >= 4 is 29.4 Å². The van der Waals surface area contributed by atoms with Crippen LogP contribution in [0.1, 0.15) is 37.9 Å². The van der Waals surface area contributed by atoms with Gasteiger partial charge >= 0.3 is 11.9 Å². The van der Waals surface area contributed by atoms with E-state index in [1.807, 2.05) is 6.07 Å². The van der Waals surface area contributed by atoms with Crippen LogP contribution in [0.3, 0.4) is 0 Å². The topological polar surface area (TPSA) is 105 Å². The first-order valence-electron chi connectivity index (χ1n) is 11.5. The van der Waals surface area contributed by atoms with Crippen LogP contribution in [0.15, 0.2) is 63.5 Å². The number of esters is 2. The first-order chi connectivity index (χ1) is 17.8. The minimum Gasteiger partial charge on any atom is -0.493 e. The van der Waals surface area contributed by atoms with Gasteiger partial charge < -0.3 is 18.9 Å². The summed E-state index contributed by atoms with van der Waals surface area (Å²) in [6.45, 7) is 4.93. The fraction of sp³-hybridized carbons (Fsp3) is 0.259. The molecule has 2 heterocycles. The average Bonchev–Trinajstić information content (AvgIpc) is 3.17. The highest BCUT2D eigenvalue weighted by Crippen LogP contribution is 2.32. The van der Waals surface area contributed by atoms with Gasteiger partial charge in [-0.05, 0) is 55.3 Å². The first-order valence-corrected chi connectivity index (χ1v) is 12.3. The Hall–Kier alpha value is -4.18. The van der Waals surface area contributed by atoms with Gasteiger partial charge in [0.05, 0.1) is 42.7 Å². The van der Waals surface area contributed by atoms with Crippen LogP contribution in [0.4, 0.5) is 0 Å². The number of methoxy groups -OCH3 is 2. The highest BCUT2D eigenvalue weighted by Gasteiger charge is 2.33. The van der Waals surface area contributed by atoms with Gasteiger partial charge in [0, 0.05) is 6.92 Å². The number of thiazole rings is 1. The molecule has 1 atom stereocenters. The molecule has 0 aliphatic carbocycles. The molecule has 0 radical (unpaired) electrons. The van der Waals surface area contributed by atoms with E-state index in [2.05, 4.69) is 4.99 Å². The van der Waals surface area contributed by atoms with Crippen LogP contribution >= 0.6 is 11.3 Å². The molecule has 0 spiro atoms. The summed E-state index contributed by atoms with van der Waals surface area (Å²) in [5.41, 5.74) is 1.82. The summed E-state index contributed by atoms with van der Waals surface area (Å²) >= 11 is 1.22. The molecule has 3 aromatic rings. The minimum atomic E-state index is -0.769.